The zero-order chi connectivity index (χ0) is 13.0. The van der Waals surface area contributed by atoms with Crippen LogP contribution in [0.5, 0.6) is 0 Å². The molecular formula is C14H12ClN3. The zero-order valence-corrected chi connectivity index (χ0v) is 10.6. The number of rotatable bonds is 3. The van der Waals surface area contributed by atoms with Gasteiger partial charge in [0.05, 0.1) is 16.7 Å². The quantitative estimate of drug-likeness (QED) is 0.910. The van der Waals surface area contributed by atoms with Gasteiger partial charge in [0.15, 0.2) is 0 Å². The van der Waals surface area contributed by atoms with Crippen LogP contribution in [0, 0.1) is 11.3 Å². The van der Waals surface area contributed by atoms with Gasteiger partial charge in [-0.3, -0.25) is 0 Å². The normalized spacial score (nSPS) is 11.6. The van der Waals surface area contributed by atoms with Gasteiger partial charge in [-0.2, -0.15) is 5.26 Å². The minimum absolute atomic E-state index is 0.0742. The van der Waals surface area contributed by atoms with Crippen molar-refractivity contribution >= 4 is 17.4 Å². The van der Waals surface area contributed by atoms with Crippen molar-refractivity contribution < 1.29 is 0 Å². The molecule has 1 aromatic carbocycles. The molecule has 0 aliphatic rings. The molecule has 1 atom stereocenters. The van der Waals surface area contributed by atoms with Crippen LogP contribution in [0.3, 0.4) is 0 Å². The van der Waals surface area contributed by atoms with Crippen LogP contribution in [0.15, 0.2) is 42.6 Å². The summed E-state index contributed by atoms with van der Waals surface area (Å²) < 4.78 is 0. The second-order valence-corrected chi connectivity index (χ2v) is 4.34. The molecule has 2 rings (SSSR count). The van der Waals surface area contributed by atoms with Crippen molar-refractivity contribution in [3.8, 4) is 6.07 Å². The molecule has 2 aromatic rings. The number of benzene rings is 1. The topological polar surface area (TPSA) is 48.7 Å². The van der Waals surface area contributed by atoms with E-state index in [1.165, 1.54) is 0 Å². The number of halogens is 1. The summed E-state index contributed by atoms with van der Waals surface area (Å²) in [5.41, 5.74) is 1.73. The fraction of sp³-hybridized carbons (Fsp3) is 0.143. The molecule has 90 valence electrons. The first-order chi connectivity index (χ1) is 8.70. The van der Waals surface area contributed by atoms with E-state index in [-0.39, 0.29) is 6.04 Å². The highest BCUT2D eigenvalue weighted by molar-refractivity contribution is 6.32. The van der Waals surface area contributed by atoms with E-state index in [4.69, 9.17) is 16.9 Å². The Labute approximate surface area is 111 Å². The Balaban J connectivity index is 2.15. The molecule has 0 aliphatic heterocycles. The van der Waals surface area contributed by atoms with Crippen molar-refractivity contribution in [2.24, 2.45) is 0 Å². The lowest BCUT2D eigenvalue weighted by molar-refractivity contribution is 0.874. The fourth-order valence-electron chi connectivity index (χ4n) is 1.63. The zero-order valence-electron chi connectivity index (χ0n) is 9.89. The predicted octanol–water partition coefficient (Wildman–Crippen LogP) is 3.78. The van der Waals surface area contributed by atoms with E-state index in [2.05, 4.69) is 16.4 Å². The molecule has 0 amide bonds. The minimum Gasteiger partial charge on any atom is -0.362 e. The Kier molecular flexibility index (Phi) is 3.81. The van der Waals surface area contributed by atoms with Crippen LogP contribution in [0.1, 0.15) is 24.1 Å². The van der Waals surface area contributed by atoms with Crippen LogP contribution in [0.2, 0.25) is 5.02 Å². The number of pyridine rings is 1. The smallest absolute Gasteiger partial charge is 0.145 e. The summed E-state index contributed by atoms with van der Waals surface area (Å²) in [6.07, 6.45) is 1.69. The summed E-state index contributed by atoms with van der Waals surface area (Å²) >= 11 is 6.04. The average Bonchev–Trinajstić information content (AvgIpc) is 2.41. The lowest BCUT2D eigenvalue weighted by atomic mass is 10.1. The number of nitrogens with one attached hydrogen (secondary N) is 1. The van der Waals surface area contributed by atoms with Crippen LogP contribution in [0.4, 0.5) is 5.82 Å². The second kappa shape index (κ2) is 5.52. The Morgan fingerprint density at radius 1 is 1.28 bits per heavy atom. The Hall–Kier alpha value is -2.05. The SMILES string of the molecule is CC(Nc1ncccc1Cl)c1ccc(C#N)cc1. The van der Waals surface area contributed by atoms with Gasteiger partial charge in [0.25, 0.3) is 0 Å². The summed E-state index contributed by atoms with van der Waals surface area (Å²) in [6.45, 7) is 2.02. The van der Waals surface area contributed by atoms with Crippen LogP contribution in [-0.4, -0.2) is 4.98 Å². The van der Waals surface area contributed by atoms with E-state index < -0.39 is 0 Å². The van der Waals surface area contributed by atoms with Gasteiger partial charge in [-0.25, -0.2) is 4.98 Å². The lowest BCUT2D eigenvalue weighted by Crippen LogP contribution is -2.08. The van der Waals surface area contributed by atoms with Crippen LogP contribution < -0.4 is 5.32 Å². The molecule has 0 aliphatic carbocycles. The molecular weight excluding hydrogens is 246 g/mol. The minimum atomic E-state index is 0.0742. The van der Waals surface area contributed by atoms with Gasteiger partial charge in [0.1, 0.15) is 5.82 Å². The molecule has 1 aromatic heterocycles. The molecule has 4 heteroatoms. The Morgan fingerprint density at radius 3 is 2.61 bits per heavy atom. The summed E-state index contributed by atoms with van der Waals surface area (Å²) in [4.78, 5) is 4.18. The second-order valence-electron chi connectivity index (χ2n) is 3.93. The van der Waals surface area contributed by atoms with Crippen molar-refractivity contribution in [1.82, 2.24) is 4.98 Å². The van der Waals surface area contributed by atoms with Gasteiger partial charge in [-0.05, 0) is 36.8 Å². The molecule has 1 unspecified atom stereocenters. The van der Waals surface area contributed by atoms with E-state index in [0.717, 1.165) is 5.56 Å². The third-order valence-electron chi connectivity index (χ3n) is 2.65. The third-order valence-corrected chi connectivity index (χ3v) is 2.96. The van der Waals surface area contributed by atoms with Crippen LogP contribution in [0.25, 0.3) is 0 Å². The number of hydrogen-bond donors (Lipinski definition) is 1. The standard InChI is InChI=1S/C14H12ClN3/c1-10(12-6-4-11(9-16)5-7-12)18-14-13(15)3-2-8-17-14/h2-8,10H,1H3,(H,17,18). The number of anilines is 1. The summed E-state index contributed by atoms with van der Waals surface area (Å²) in [5.74, 6) is 0.663. The van der Waals surface area contributed by atoms with Gasteiger partial charge in [-0.1, -0.05) is 23.7 Å². The molecule has 0 fully saturated rings. The first kappa shape index (κ1) is 12.4. The first-order valence-electron chi connectivity index (χ1n) is 5.58. The summed E-state index contributed by atoms with van der Waals surface area (Å²) in [7, 11) is 0. The maximum absolute atomic E-state index is 8.75. The van der Waals surface area contributed by atoms with E-state index in [0.29, 0.717) is 16.4 Å². The van der Waals surface area contributed by atoms with E-state index >= 15 is 0 Å². The van der Waals surface area contributed by atoms with Crippen molar-refractivity contribution in [3.63, 3.8) is 0 Å². The maximum Gasteiger partial charge on any atom is 0.145 e. The Bertz CT molecular complexity index is 572. The number of nitrogens with zero attached hydrogens (tertiary/aromatic N) is 2. The highest BCUT2D eigenvalue weighted by atomic mass is 35.5. The van der Waals surface area contributed by atoms with E-state index in [9.17, 15) is 0 Å². The largest absolute Gasteiger partial charge is 0.362 e. The summed E-state index contributed by atoms with van der Waals surface area (Å²) in [5, 5.41) is 12.6. The summed E-state index contributed by atoms with van der Waals surface area (Å²) in [6, 6.07) is 13.2. The number of aromatic nitrogens is 1. The Morgan fingerprint density at radius 2 is 2.00 bits per heavy atom. The fourth-order valence-corrected chi connectivity index (χ4v) is 1.80. The van der Waals surface area contributed by atoms with Gasteiger partial charge in [-0.15, -0.1) is 0 Å². The highest BCUT2D eigenvalue weighted by Gasteiger charge is 2.08. The predicted molar refractivity (Wildman–Crippen MR) is 72.4 cm³/mol. The maximum atomic E-state index is 8.75. The van der Waals surface area contributed by atoms with Crippen LogP contribution >= 0.6 is 11.6 Å². The molecule has 0 saturated heterocycles. The third kappa shape index (κ3) is 2.79. The van der Waals surface area contributed by atoms with Gasteiger partial charge < -0.3 is 5.32 Å². The number of hydrogen-bond acceptors (Lipinski definition) is 3. The molecule has 3 nitrogen and oxygen atoms in total. The molecule has 1 heterocycles. The monoisotopic (exact) mass is 257 g/mol. The molecule has 0 saturated carbocycles. The molecule has 0 bridgehead atoms. The van der Waals surface area contributed by atoms with E-state index in [1.54, 1.807) is 30.5 Å². The lowest BCUT2D eigenvalue weighted by Gasteiger charge is -2.15. The molecule has 1 N–H and O–H groups in total. The van der Waals surface area contributed by atoms with Crippen LogP contribution in [-0.2, 0) is 0 Å². The van der Waals surface area contributed by atoms with Gasteiger partial charge >= 0.3 is 0 Å². The molecule has 0 radical (unpaired) electrons. The van der Waals surface area contributed by atoms with Crippen molar-refractivity contribution in [2.75, 3.05) is 5.32 Å². The average molecular weight is 258 g/mol. The van der Waals surface area contributed by atoms with Crippen molar-refractivity contribution in [2.45, 2.75) is 13.0 Å². The first-order valence-corrected chi connectivity index (χ1v) is 5.95. The highest BCUT2D eigenvalue weighted by Crippen LogP contribution is 2.23. The molecule has 0 spiro atoms. The van der Waals surface area contributed by atoms with Gasteiger partial charge in [0, 0.05) is 12.2 Å². The molecule has 18 heavy (non-hydrogen) atoms. The number of nitriles is 1. The van der Waals surface area contributed by atoms with Crippen molar-refractivity contribution in [3.05, 3.63) is 58.7 Å². The van der Waals surface area contributed by atoms with Crippen molar-refractivity contribution in [1.29, 1.82) is 5.26 Å². The van der Waals surface area contributed by atoms with E-state index in [1.807, 2.05) is 19.1 Å². The van der Waals surface area contributed by atoms with Gasteiger partial charge in [0.2, 0.25) is 0 Å².